The van der Waals surface area contributed by atoms with Crippen molar-refractivity contribution in [1.29, 1.82) is 0 Å². The summed E-state index contributed by atoms with van der Waals surface area (Å²) in [5, 5.41) is 6.83. The summed E-state index contributed by atoms with van der Waals surface area (Å²) in [7, 11) is 0. The lowest BCUT2D eigenvalue weighted by atomic mass is 10.3. The third kappa shape index (κ3) is 4.98. The van der Waals surface area contributed by atoms with Crippen LogP contribution in [0.2, 0.25) is 10.0 Å². The molecule has 2 rings (SSSR count). The van der Waals surface area contributed by atoms with Crippen molar-refractivity contribution in [2.24, 2.45) is 0 Å². The molecular weight excluding hydrogens is 353 g/mol. The molecule has 116 valence electrons. The van der Waals surface area contributed by atoms with Crippen LogP contribution in [0, 0.1) is 0 Å². The number of halogens is 4. The summed E-state index contributed by atoms with van der Waals surface area (Å²) in [6.45, 7) is -2.93. The number of alkyl halides is 2. The van der Waals surface area contributed by atoms with Crippen molar-refractivity contribution in [1.82, 2.24) is 0 Å². The SMILES string of the molecule is FC(F)Oc1ccc(NC(=S)Nc2ccc(Cl)cc2)cc1Cl. The van der Waals surface area contributed by atoms with Crippen LogP contribution in [0.4, 0.5) is 20.2 Å². The minimum Gasteiger partial charge on any atom is -0.433 e. The van der Waals surface area contributed by atoms with Gasteiger partial charge in [0.2, 0.25) is 0 Å². The van der Waals surface area contributed by atoms with Crippen molar-refractivity contribution in [3.8, 4) is 5.75 Å². The molecule has 22 heavy (non-hydrogen) atoms. The van der Waals surface area contributed by atoms with Crippen LogP contribution in [0.5, 0.6) is 5.75 Å². The highest BCUT2D eigenvalue weighted by Crippen LogP contribution is 2.29. The van der Waals surface area contributed by atoms with Crippen molar-refractivity contribution >= 4 is 51.9 Å². The lowest BCUT2D eigenvalue weighted by Crippen LogP contribution is -2.19. The number of nitrogens with one attached hydrogen (secondary N) is 2. The van der Waals surface area contributed by atoms with Crippen LogP contribution in [0.3, 0.4) is 0 Å². The van der Waals surface area contributed by atoms with Gasteiger partial charge in [-0.05, 0) is 54.7 Å². The molecule has 0 saturated carbocycles. The van der Waals surface area contributed by atoms with E-state index >= 15 is 0 Å². The van der Waals surface area contributed by atoms with E-state index < -0.39 is 6.61 Å². The van der Waals surface area contributed by atoms with Gasteiger partial charge in [-0.2, -0.15) is 8.78 Å². The zero-order valence-electron chi connectivity index (χ0n) is 10.9. The molecular formula is C14H10Cl2F2N2OS. The van der Waals surface area contributed by atoms with Crippen LogP contribution in [0.1, 0.15) is 0 Å². The van der Waals surface area contributed by atoms with Gasteiger partial charge in [-0.15, -0.1) is 0 Å². The van der Waals surface area contributed by atoms with Gasteiger partial charge in [0.25, 0.3) is 0 Å². The summed E-state index contributed by atoms with van der Waals surface area (Å²) in [5.41, 5.74) is 1.30. The normalized spacial score (nSPS) is 10.4. The van der Waals surface area contributed by atoms with Crippen LogP contribution in [0.15, 0.2) is 42.5 Å². The highest BCUT2D eigenvalue weighted by molar-refractivity contribution is 7.80. The molecule has 0 aliphatic heterocycles. The summed E-state index contributed by atoms with van der Waals surface area (Å²) >= 11 is 16.8. The number of thiocarbonyl (C=S) groups is 1. The van der Waals surface area contributed by atoms with Crippen LogP contribution in [0.25, 0.3) is 0 Å². The fourth-order valence-corrected chi connectivity index (χ4v) is 2.18. The number of rotatable bonds is 4. The predicted octanol–water partition coefficient (Wildman–Crippen LogP) is 5.40. The molecule has 0 aliphatic carbocycles. The van der Waals surface area contributed by atoms with Crippen LogP contribution in [-0.4, -0.2) is 11.7 Å². The Balaban J connectivity index is 1.99. The highest BCUT2D eigenvalue weighted by Gasteiger charge is 2.09. The lowest BCUT2D eigenvalue weighted by molar-refractivity contribution is -0.0497. The molecule has 3 nitrogen and oxygen atoms in total. The van der Waals surface area contributed by atoms with Crippen molar-refractivity contribution in [3.05, 3.63) is 52.5 Å². The second kappa shape index (κ2) is 7.58. The van der Waals surface area contributed by atoms with E-state index in [4.69, 9.17) is 35.4 Å². The second-order valence-electron chi connectivity index (χ2n) is 4.11. The monoisotopic (exact) mass is 362 g/mol. The fraction of sp³-hybridized carbons (Fsp3) is 0.0714. The van der Waals surface area contributed by atoms with Gasteiger partial charge in [0.1, 0.15) is 5.75 Å². The number of anilines is 2. The van der Waals surface area contributed by atoms with Crippen LogP contribution in [-0.2, 0) is 0 Å². The Kier molecular flexibility index (Phi) is 5.76. The summed E-state index contributed by atoms with van der Waals surface area (Å²) in [6, 6.07) is 11.3. The number of hydrogen-bond donors (Lipinski definition) is 2. The standard InChI is InChI=1S/C14H10Cl2F2N2OS/c15-8-1-3-9(4-2-8)19-14(22)20-10-5-6-12(11(16)7-10)21-13(17)18/h1-7,13H,(H2,19,20,22). The maximum atomic E-state index is 12.1. The minimum atomic E-state index is -2.93. The molecule has 0 aliphatic rings. The van der Waals surface area contributed by atoms with Gasteiger partial charge >= 0.3 is 6.61 Å². The van der Waals surface area contributed by atoms with Gasteiger partial charge in [-0.25, -0.2) is 0 Å². The van der Waals surface area contributed by atoms with Crippen molar-refractivity contribution in [2.45, 2.75) is 6.61 Å². The molecule has 2 aromatic rings. The quantitative estimate of drug-likeness (QED) is 0.713. The van der Waals surface area contributed by atoms with E-state index in [1.165, 1.54) is 18.2 Å². The summed E-state index contributed by atoms with van der Waals surface area (Å²) in [6.07, 6.45) is 0. The van der Waals surface area contributed by atoms with E-state index in [9.17, 15) is 8.78 Å². The molecule has 2 aromatic carbocycles. The molecule has 0 amide bonds. The molecule has 0 fully saturated rings. The van der Waals surface area contributed by atoms with E-state index in [-0.39, 0.29) is 10.8 Å². The third-order valence-corrected chi connectivity index (χ3v) is 3.26. The maximum absolute atomic E-state index is 12.1. The van der Waals surface area contributed by atoms with Gasteiger partial charge in [0, 0.05) is 16.4 Å². The Labute approximate surface area is 141 Å². The first-order valence-electron chi connectivity index (χ1n) is 6.02. The first-order chi connectivity index (χ1) is 10.4. The Bertz CT molecular complexity index is 668. The van der Waals surface area contributed by atoms with Gasteiger partial charge < -0.3 is 15.4 Å². The average Bonchev–Trinajstić information content (AvgIpc) is 2.44. The van der Waals surface area contributed by atoms with Crippen molar-refractivity contribution in [3.63, 3.8) is 0 Å². The zero-order valence-corrected chi connectivity index (χ0v) is 13.3. The fourth-order valence-electron chi connectivity index (χ4n) is 1.60. The second-order valence-corrected chi connectivity index (χ2v) is 5.36. The maximum Gasteiger partial charge on any atom is 0.387 e. The molecule has 0 unspecified atom stereocenters. The summed E-state index contributed by atoms with van der Waals surface area (Å²) in [4.78, 5) is 0. The average molecular weight is 363 g/mol. The molecule has 0 spiro atoms. The molecule has 0 saturated heterocycles. The minimum absolute atomic E-state index is 0.0552. The zero-order chi connectivity index (χ0) is 16.1. The largest absolute Gasteiger partial charge is 0.433 e. The van der Waals surface area contributed by atoms with Crippen molar-refractivity contribution < 1.29 is 13.5 Å². The molecule has 0 atom stereocenters. The Morgan fingerprint density at radius 1 is 1.00 bits per heavy atom. The first-order valence-corrected chi connectivity index (χ1v) is 7.18. The summed E-state index contributed by atoms with van der Waals surface area (Å²) < 4.78 is 28.5. The van der Waals surface area contributed by atoms with E-state index in [2.05, 4.69) is 15.4 Å². The van der Waals surface area contributed by atoms with E-state index in [0.29, 0.717) is 15.8 Å². The molecule has 8 heteroatoms. The predicted molar refractivity (Wildman–Crippen MR) is 89.4 cm³/mol. The molecule has 0 heterocycles. The van der Waals surface area contributed by atoms with Gasteiger partial charge in [0.05, 0.1) is 5.02 Å². The molecule has 0 aromatic heterocycles. The molecule has 0 bridgehead atoms. The van der Waals surface area contributed by atoms with Gasteiger partial charge in [-0.1, -0.05) is 23.2 Å². The smallest absolute Gasteiger partial charge is 0.387 e. The van der Waals surface area contributed by atoms with Crippen LogP contribution < -0.4 is 15.4 Å². The van der Waals surface area contributed by atoms with Crippen molar-refractivity contribution in [2.75, 3.05) is 10.6 Å². The van der Waals surface area contributed by atoms with E-state index in [0.717, 1.165) is 5.69 Å². The Hall–Kier alpha value is -1.63. The Morgan fingerprint density at radius 2 is 1.59 bits per heavy atom. The van der Waals surface area contributed by atoms with Crippen LogP contribution >= 0.6 is 35.4 Å². The first kappa shape index (κ1) is 16.7. The topological polar surface area (TPSA) is 33.3 Å². The Morgan fingerprint density at radius 3 is 2.18 bits per heavy atom. The lowest BCUT2D eigenvalue weighted by Gasteiger charge is -2.12. The molecule has 2 N–H and O–H groups in total. The highest BCUT2D eigenvalue weighted by atomic mass is 35.5. The third-order valence-electron chi connectivity index (χ3n) is 2.51. The number of benzene rings is 2. The van der Waals surface area contributed by atoms with E-state index in [1.54, 1.807) is 24.3 Å². The number of ether oxygens (including phenoxy) is 1. The van der Waals surface area contributed by atoms with Gasteiger partial charge in [0.15, 0.2) is 5.11 Å². The van der Waals surface area contributed by atoms with Gasteiger partial charge in [-0.3, -0.25) is 0 Å². The van der Waals surface area contributed by atoms with E-state index in [1.807, 2.05) is 0 Å². The summed E-state index contributed by atoms with van der Waals surface area (Å²) in [5.74, 6) is -0.0983. The number of hydrogen-bond acceptors (Lipinski definition) is 2. The molecule has 0 radical (unpaired) electrons.